The molecule has 1 aromatic carbocycles. The number of nitrogens with zero attached hydrogens (tertiary/aromatic N) is 2. The summed E-state index contributed by atoms with van der Waals surface area (Å²) in [5, 5.41) is 0. The summed E-state index contributed by atoms with van der Waals surface area (Å²) in [6.45, 7) is 0. The predicted molar refractivity (Wildman–Crippen MR) is 72.4 cm³/mol. The van der Waals surface area contributed by atoms with Crippen molar-refractivity contribution in [2.75, 3.05) is 21.1 Å². The summed E-state index contributed by atoms with van der Waals surface area (Å²) in [6, 6.07) is 6.43. The fourth-order valence-corrected chi connectivity index (χ4v) is 2.71. The van der Waals surface area contributed by atoms with Gasteiger partial charge in [0.15, 0.2) is 0 Å². The molecule has 19 heavy (non-hydrogen) atoms. The molecular formula is C13H18N2O3S. The molecule has 0 bridgehead atoms. The van der Waals surface area contributed by atoms with Gasteiger partial charge in [0.25, 0.3) is 5.91 Å². The van der Waals surface area contributed by atoms with Gasteiger partial charge in [0.2, 0.25) is 10.0 Å². The van der Waals surface area contributed by atoms with Gasteiger partial charge in [-0.2, -0.15) is 0 Å². The second kappa shape index (κ2) is 4.94. The highest BCUT2D eigenvalue weighted by Gasteiger charge is 2.30. The molecule has 2 rings (SSSR count). The second-order valence-corrected chi connectivity index (χ2v) is 7.11. The zero-order valence-corrected chi connectivity index (χ0v) is 12.1. The van der Waals surface area contributed by atoms with Gasteiger partial charge in [-0.3, -0.25) is 4.79 Å². The summed E-state index contributed by atoms with van der Waals surface area (Å²) in [6.07, 6.45) is 2.10. The van der Waals surface area contributed by atoms with Crippen LogP contribution < -0.4 is 0 Å². The smallest absolute Gasteiger partial charge is 0.253 e. The van der Waals surface area contributed by atoms with E-state index in [4.69, 9.17) is 0 Å². The van der Waals surface area contributed by atoms with Crippen LogP contribution in [0.15, 0.2) is 29.2 Å². The first-order valence-electron chi connectivity index (χ1n) is 6.14. The van der Waals surface area contributed by atoms with Crippen LogP contribution in [0.1, 0.15) is 23.2 Å². The van der Waals surface area contributed by atoms with Crippen LogP contribution >= 0.6 is 0 Å². The molecule has 6 heteroatoms. The average molecular weight is 282 g/mol. The van der Waals surface area contributed by atoms with Gasteiger partial charge < -0.3 is 4.90 Å². The molecule has 0 aliphatic heterocycles. The topological polar surface area (TPSA) is 57.7 Å². The highest BCUT2D eigenvalue weighted by Crippen LogP contribution is 2.26. The van der Waals surface area contributed by atoms with Crippen molar-refractivity contribution in [1.29, 1.82) is 0 Å². The van der Waals surface area contributed by atoms with Crippen molar-refractivity contribution in [2.45, 2.75) is 23.8 Å². The molecular weight excluding hydrogens is 264 g/mol. The van der Waals surface area contributed by atoms with Crippen molar-refractivity contribution in [3.63, 3.8) is 0 Å². The first kappa shape index (κ1) is 14.0. The zero-order valence-electron chi connectivity index (χ0n) is 11.3. The van der Waals surface area contributed by atoms with Gasteiger partial charge in [0.05, 0.1) is 4.90 Å². The third-order valence-corrected chi connectivity index (χ3v) is 5.12. The maximum absolute atomic E-state index is 12.1. The molecule has 0 unspecified atom stereocenters. The Morgan fingerprint density at radius 1 is 1.11 bits per heavy atom. The minimum Gasteiger partial charge on any atom is -0.339 e. The maximum Gasteiger partial charge on any atom is 0.253 e. The van der Waals surface area contributed by atoms with Crippen LogP contribution in [0.5, 0.6) is 0 Å². The molecule has 1 aromatic rings. The lowest BCUT2D eigenvalue weighted by Gasteiger charge is -2.16. The standard InChI is InChI=1S/C13H18N2O3S/c1-14(2)19(17,18)12-8-4-10(5-9-12)13(16)15(3)11-6-7-11/h4-5,8-9,11H,6-7H2,1-3H3. The first-order valence-corrected chi connectivity index (χ1v) is 7.58. The zero-order chi connectivity index (χ0) is 14.2. The summed E-state index contributed by atoms with van der Waals surface area (Å²) in [5.41, 5.74) is 0.520. The summed E-state index contributed by atoms with van der Waals surface area (Å²) in [5.74, 6) is -0.0590. The number of hydrogen-bond acceptors (Lipinski definition) is 3. The minimum atomic E-state index is -3.44. The quantitative estimate of drug-likeness (QED) is 0.833. The van der Waals surface area contributed by atoms with E-state index in [-0.39, 0.29) is 10.8 Å². The summed E-state index contributed by atoms with van der Waals surface area (Å²) in [7, 11) is 1.31. The molecule has 0 aromatic heterocycles. The van der Waals surface area contributed by atoms with Crippen LogP contribution in [0.25, 0.3) is 0 Å². The number of carbonyl (C=O) groups is 1. The van der Waals surface area contributed by atoms with Gasteiger partial charge in [0, 0.05) is 32.7 Å². The minimum absolute atomic E-state index is 0.0590. The van der Waals surface area contributed by atoms with Crippen LogP contribution in [0, 0.1) is 0 Å². The lowest BCUT2D eigenvalue weighted by Crippen LogP contribution is -2.28. The average Bonchev–Trinajstić information content (AvgIpc) is 3.21. The molecule has 1 aliphatic rings. The van der Waals surface area contributed by atoms with Crippen LogP contribution in [0.2, 0.25) is 0 Å². The molecule has 0 heterocycles. The Labute approximate surface area is 113 Å². The fraction of sp³-hybridized carbons (Fsp3) is 0.462. The van der Waals surface area contributed by atoms with Crippen LogP contribution in [0.4, 0.5) is 0 Å². The van der Waals surface area contributed by atoms with E-state index in [0.29, 0.717) is 11.6 Å². The molecule has 0 saturated heterocycles. The lowest BCUT2D eigenvalue weighted by atomic mass is 10.2. The van der Waals surface area contributed by atoms with E-state index < -0.39 is 10.0 Å². The Bertz CT molecular complexity index is 574. The van der Waals surface area contributed by atoms with Crippen molar-refractivity contribution in [3.8, 4) is 0 Å². The van der Waals surface area contributed by atoms with Gasteiger partial charge in [-0.05, 0) is 37.1 Å². The lowest BCUT2D eigenvalue weighted by molar-refractivity contribution is 0.0785. The van der Waals surface area contributed by atoms with Crippen molar-refractivity contribution >= 4 is 15.9 Å². The third kappa shape index (κ3) is 2.79. The maximum atomic E-state index is 12.1. The van der Waals surface area contributed by atoms with Gasteiger partial charge in [-0.15, -0.1) is 0 Å². The fourth-order valence-electron chi connectivity index (χ4n) is 1.81. The van der Waals surface area contributed by atoms with Gasteiger partial charge in [-0.1, -0.05) is 0 Å². The van der Waals surface area contributed by atoms with E-state index in [9.17, 15) is 13.2 Å². The van der Waals surface area contributed by atoms with E-state index in [1.807, 2.05) is 0 Å². The summed E-state index contributed by atoms with van der Waals surface area (Å²) in [4.78, 5) is 14.0. The van der Waals surface area contributed by atoms with Crippen molar-refractivity contribution < 1.29 is 13.2 Å². The van der Waals surface area contributed by atoms with E-state index in [1.165, 1.54) is 26.2 Å². The van der Waals surface area contributed by atoms with Gasteiger partial charge in [-0.25, -0.2) is 12.7 Å². The monoisotopic (exact) mass is 282 g/mol. The molecule has 0 atom stereocenters. The van der Waals surface area contributed by atoms with E-state index in [0.717, 1.165) is 17.1 Å². The largest absolute Gasteiger partial charge is 0.339 e. The number of amides is 1. The van der Waals surface area contributed by atoms with E-state index in [2.05, 4.69) is 0 Å². The summed E-state index contributed by atoms with van der Waals surface area (Å²) < 4.78 is 24.9. The Morgan fingerprint density at radius 2 is 1.63 bits per heavy atom. The van der Waals surface area contributed by atoms with E-state index in [1.54, 1.807) is 24.1 Å². The number of sulfonamides is 1. The Hall–Kier alpha value is -1.40. The van der Waals surface area contributed by atoms with Crippen LogP contribution in [-0.4, -0.2) is 50.7 Å². The number of rotatable bonds is 4. The normalized spacial score (nSPS) is 15.6. The highest BCUT2D eigenvalue weighted by atomic mass is 32.2. The SMILES string of the molecule is CN(C(=O)c1ccc(S(=O)(=O)N(C)C)cc1)C1CC1. The summed E-state index contributed by atoms with van der Waals surface area (Å²) >= 11 is 0. The molecule has 1 aliphatic carbocycles. The van der Waals surface area contributed by atoms with Gasteiger partial charge >= 0.3 is 0 Å². The molecule has 0 N–H and O–H groups in total. The highest BCUT2D eigenvalue weighted by molar-refractivity contribution is 7.89. The first-order chi connectivity index (χ1) is 8.84. The molecule has 1 saturated carbocycles. The van der Waals surface area contributed by atoms with Crippen LogP contribution in [-0.2, 0) is 10.0 Å². The molecule has 1 amide bonds. The van der Waals surface area contributed by atoms with E-state index >= 15 is 0 Å². The molecule has 0 radical (unpaired) electrons. The Morgan fingerprint density at radius 3 is 2.05 bits per heavy atom. The van der Waals surface area contributed by atoms with Gasteiger partial charge in [0.1, 0.15) is 0 Å². The molecule has 5 nitrogen and oxygen atoms in total. The second-order valence-electron chi connectivity index (χ2n) is 4.96. The van der Waals surface area contributed by atoms with Crippen LogP contribution in [0.3, 0.4) is 0 Å². The van der Waals surface area contributed by atoms with Crippen molar-refractivity contribution in [3.05, 3.63) is 29.8 Å². The molecule has 0 spiro atoms. The Kier molecular flexibility index (Phi) is 3.64. The molecule has 1 fully saturated rings. The Balaban J connectivity index is 2.21. The number of benzene rings is 1. The van der Waals surface area contributed by atoms with Crippen molar-refractivity contribution in [1.82, 2.24) is 9.21 Å². The molecule has 104 valence electrons. The van der Waals surface area contributed by atoms with Crippen molar-refractivity contribution in [2.24, 2.45) is 0 Å². The number of hydrogen-bond donors (Lipinski definition) is 0. The predicted octanol–water partition coefficient (Wildman–Crippen LogP) is 1.17. The third-order valence-electron chi connectivity index (χ3n) is 3.29. The number of carbonyl (C=O) groups excluding carboxylic acids is 1.